The van der Waals surface area contributed by atoms with Crippen molar-refractivity contribution in [3.05, 3.63) is 39.7 Å². The van der Waals surface area contributed by atoms with Crippen molar-refractivity contribution < 1.29 is 22.3 Å². The Kier molecular flexibility index (Phi) is 4.78. The van der Waals surface area contributed by atoms with Gasteiger partial charge in [0, 0.05) is 17.0 Å². The van der Waals surface area contributed by atoms with Crippen molar-refractivity contribution in [3.8, 4) is 5.75 Å². The third kappa shape index (κ3) is 3.26. The molecule has 0 bridgehead atoms. The Bertz CT molecular complexity index is 717. The van der Waals surface area contributed by atoms with Crippen molar-refractivity contribution >= 4 is 11.0 Å². The summed E-state index contributed by atoms with van der Waals surface area (Å²) < 4.78 is 50.0. The summed E-state index contributed by atoms with van der Waals surface area (Å²) in [5, 5.41) is -0.112. The van der Waals surface area contributed by atoms with Gasteiger partial charge in [-0.25, -0.2) is 4.79 Å². The topological polar surface area (TPSA) is 39.4 Å². The molecule has 0 radical (unpaired) electrons. The molecule has 6 heteroatoms. The van der Waals surface area contributed by atoms with Gasteiger partial charge in [-0.15, -0.1) is 0 Å². The Labute approximate surface area is 125 Å². The lowest BCUT2D eigenvalue weighted by Gasteiger charge is -2.15. The molecule has 0 aliphatic carbocycles. The summed E-state index contributed by atoms with van der Waals surface area (Å²) in [5.74, 6) is 0.471. The van der Waals surface area contributed by atoms with Crippen LogP contribution in [0.5, 0.6) is 5.75 Å². The fourth-order valence-electron chi connectivity index (χ4n) is 2.33. The number of halogens is 3. The van der Waals surface area contributed by atoms with Crippen molar-refractivity contribution in [3.63, 3.8) is 0 Å². The zero-order valence-corrected chi connectivity index (χ0v) is 12.4. The van der Waals surface area contributed by atoms with Crippen LogP contribution >= 0.6 is 0 Å². The third-order valence-electron chi connectivity index (χ3n) is 3.24. The van der Waals surface area contributed by atoms with E-state index >= 15 is 0 Å². The number of hydrogen-bond donors (Lipinski definition) is 0. The Hall–Kier alpha value is -1.98. The van der Waals surface area contributed by atoms with E-state index in [1.807, 2.05) is 13.8 Å². The summed E-state index contributed by atoms with van der Waals surface area (Å²) in [6, 6.07) is 3.30. The summed E-state index contributed by atoms with van der Waals surface area (Å²) in [6.07, 6.45) is -2.66. The lowest BCUT2D eigenvalue weighted by Crippen LogP contribution is -2.12. The van der Waals surface area contributed by atoms with E-state index in [-0.39, 0.29) is 11.0 Å². The molecule has 2 rings (SSSR count). The molecule has 3 nitrogen and oxygen atoms in total. The van der Waals surface area contributed by atoms with Gasteiger partial charge in [-0.2, -0.15) is 13.2 Å². The molecular weight excluding hydrogens is 297 g/mol. The number of alkyl halides is 3. The zero-order chi connectivity index (χ0) is 16.3. The van der Waals surface area contributed by atoms with E-state index in [2.05, 4.69) is 0 Å². The summed E-state index contributed by atoms with van der Waals surface area (Å²) in [6.45, 7) is 4.28. The molecule has 22 heavy (non-hydrogen) atoms. The van der Waals surface area contributed by atoms with E-state index in [0.29, 0.717) is 36.8 Å². The fourth-order valence-corrected chi connectivity index (χ4v) is 2.33. The van der Waals surface area contributed by atoms with Crippen LogP contribution in [-0.2, 0) is 12.6 Å². The number of hydrogen-bond acceptors (Lipinski definition) is 3. The largest absolute Gasteiger partial charge is 0.493 e. The van der Waals surface area contributed by atoms with Crippen molar-refractivity contribution in [2.24, 2.45) is 0 Å². The van der Waals surface area contributed by atoms with Crippen LogP contribution in [0, 0.1) is 0 Å². The van der Waals surface area contributed by atoms with Crippen LogP contribution in [0.25, 0.3) is 11.0 Å². The minimum Gasteiger partial charge on any atom is -0.493 e. The molecule has 1 heterocycles. The molecule has 2 aromatic rings. The zero-order valence-electron chi connectivity index (χ0n) is 12.4. The van der Waals surface area contributed by atoms with Crippen LogP contribution in [0.2, 0.25) is 0 Å². The Morgan fingerprint density at radius 1 is 1.18 bits per heavy atom. The first-order valence-corrected chi connectivity index (χ1v) is 7.18. The molecule has 0 atom stereocenters. The molecule has 1 aromatic heterocycles. The summed E-state index contributed by atoms with van der Waals surface area (Å²) >= 11 is 0. The van der Waals surface area contributed by atoms with Gasteiger partial charge >= 0.3 is 11.8 Å². The fraction of sp³-hybridized carbons (Fsp3) is 0.438. The first kappa shape index (κ1) is 16.4. The van der Waals surface area contributed by atoms with E-state index < -0.39 is 17.4 Å². The summed E-state index contributed by atoms with van der Waals surface area (Å²) in [4.78, 5) is 11.5. The quantitative estimate of drug-likeness (QED) is 0.760. The SMILES string of the molecule is CCCOc1ccc2c(C(F)(F)F)cc(=O)oc2c1CCC. The number of benzene rings is 1. The molecule has 0 aliphatic rings. The van der Waals surface area contributed by atoms with Gasteiger partial charge in [-0.05, 0) is 25.0 Å². The lowest BCUT2D eigenvalue weighted by atomic mass is 10.0. The van der Waals surface area contributed by atoms with Crippen LogP contribution in [0.1, 0.15) is 37.8 Å². The maximum absolute atomic E-state index is 13.1. The van der Waals surface area contributed by atoms with Gasteiger partial charge in [0.25, 0.3) is 0 Å². The monoisotopic (exact) mass is 314 g/mol. The molecule has 120 valence electrons. The first-order valence-electron chi connectivity index (χ1n) is 7.18. The van der Waals surface area contributed by atoms with Crippen LogP contribution in [0.15, 0.2) is 27.4 Å². The Balaban J connectivity index is 2.75. The smallest absolute Gasteiger partial charge is 0.417 e. The van der Waals surface area contributed by atoms with Crippen LogP contribution in [0.4, 0.5) is 13.2 Å². The highest BCUT2D eigenvalue weighted by molar-refractivity contribution is 5.85. The van der Waals surface area contributed by atoms with Crippen LogP contribution < -0.4 is 10.4 Å². The van der Waals surface area contributed by atoms with Crippen molar-refractivity contribution in [1.82, 2.24) is 0 Å². The second-order valence-electron chi connectivity index (χ2n) is 4.99. The summed E-state index contributed by atoms with van der Waals surface area (Å²) in [7, 11) is 0. The highest BCUT2D eigenvalue weighted by Gasteiger charge is 2.34. The van der Waals surface area contributed by atoms with Crippen molar-refractivity contribution in [1.29, 1.82) is 0 Å². The minimum atomic E-state index is -4.61. The number of ether oxygens (including phenoxy) is 1. The van der Waals surface area contributed by atoms with Gasteiger partial charge in [0.1, 0.15) is 11.3 Å². The predicted octanol–water partition coefficient (Wildman–Crippen LogP) is 4.55. The normalized spacial score (nSPS) is 11.9. The third-order valence-corrected chi connectivity index (χ3v) is 3.24. The van der Waals surface area contributed by atoms with E-state index in [0.717, 1.165) is 6.42 Å². The highest BCUT2D eigenvalue weighted by Crippen LogP contribution is 2.37. The second-order valence-corrected chi connectivity index (χ2v) is 4.99. The lowest BCUT2D eigenvalue weighted by molar-refractivity contribution is -0.136. The van der Waals surface area contributed by atoms with Gasteiger partial charge in [0.2, 0.25) is 0 Å². The van der Waals surface area contributed by atoms with Crippen LogP contribution in [-0.4, -0.2) is 6.61 Å². The average molecular weight is 314 g/mol. The van der Waals surface area contributed by atoms with Gasteiger partial charge in [0.05, 0.1) is 12.2 Å². The average Bonchev–Trinajstić information content (AvgIpc) is 2.45. The minimum absolute atomic E-state index is 0.0321. The Morgan fingerprint density at radius 3 is 2.50 bits per heavy atom. The van der Waals surface area contributed by atoms with Crippen molar-refractivity contribution in [2.45, 2.75) is 39.3 Å². The molecular formula is C16H17F3O3. The standard InChI is InChI=1S/C16H17F3O3/c1-3-5-11-13(21-8-4-2)7-6-10-12(16(17,18)19)9-14(20)22-15(10)11/h6-7,9H,3-5,8H2,1-2H3. The van der Waals surface area contributed by atoms with E-state index in [9.17, 15) is 18.0 Å². The highest BCUT2D eigenvalue weighted by atomic mass is 19.4. The van der Waals surface area contributed by atoms with Gasteiger partial charge < -0.3 is 9.15 Å². The molecule has 0 fully saturated rings. The first-order chi connectivity index (χ1) is 10.4. The molecule has 0 unspecified atom stereocenters. The molecule has 0 N–H and O–H groups in total. The maximum Gasteiger partial charge on any atom is 0.417 e. The molecule has 0 saturated heterocycles. The molecule has 0 aliphatic heterocycles. The van der Waals surface area contributed by atoms with E-state index in [1.165, 1.54) is 12.1 Å². The molecule has 0 saturated carbocycles. The van der Waals surface area contributed by atoms with Crippen molar-refractivity contribution in [2.75, 3.05) is 6.61 Å². The molecule has 0 spiro atoms. The van der Waals surface area contributed by atoms with Crippen LogP contribution in [0.3, 0.4) is 0 Å². The maximum atomic E-state index is 13.1. The van der Waals surface area contributed by atoms with Gasteiger partial charge in [-0.3, -0.25) is 0 Å². The van der Waals surface area contributed by atoms with Gasteiger partial charge in [-0.1, -0.05) is 20.3 Å². The number of rotatable bonds is 5. The molecule has 0 amide bonds. The second kappa shape index (κ2) is 6.42. The Morgan fingerprint density at radius 2 is 1.91 bits per heavy atom. The van der Waals surface area contributed by atoms with Gasteiger partial charge in [0.15, 0.2) is 0 Å². The molecule has 1 aromatic carbocycles. The van der Waals surface area contributed by atoms with E-state index in [4.69, 9.17) is 9.15 Å². The number of aryl methyl sites for hydroxylation is 1. The number of fused-ring (bicyclic) bond motifs is 1. The predicted molar refractivity (Wildman–Crippen MR) is 77.3 cm³/mol. The summed E-state index contributed by atoms with van der Waals surface area (Å²) in [5.41, 5.74) is -1.50. The van der Waals surface area contributed by atoms with E-state index in [1.54, 1.807) is 0 Å².